The molecule has 3 rings (SSSR count). The predicted molar refractivity (Wildman–Crippen MR) is 110 cm³/mol. The van der Waals surface area contributed by atoms with Crippen LogP contribution in [0.2, 0.25) is 0 Å². The van der Waals surface area contributed by atoms with Crippen LogP contribution < -0.4 is 0 Å². The third-order valence-electron chi connectivity index (χ3n) is 4.07. The number of aliphatic hydroxyl groups excluding tert-OH is 1. The van der Waals surface area contributed by atoms with Gasteiger partial charge < -0.3 is 20.1 Å². The number of aromatic hydroxyl groups is 2. The molecule has 0 amide bonds. The second-order valence-electron chi connectivity index (χ2n) is 6.26. The predicted octanol–water partition coefficient (Wildman–Crippen LogP) is 5.31. The van der Waals surface area contributed by atoms with Crippen molar-refractivity contribution in [1.29, 1.82) is 0 Å². The summed E-state index contributed by atoms with van der Waals surface area (Å²) in [7, 11) is 0. The molecule has 0 aliphatic carbocycles. The number of rotatable bonds is 4. The number of carbonyl (C=O) groups excluding carboxylic acids is 1. The molecule has 0 radical (unpaired) electrons. The van der Waals surface area contributed by atoms with Gasteiger partial charge in [-0.25, -0.2) is 9.79 Å². The summed E-state index contributed by atoms with van der Waals surface area (Å²) in [6.07, 6.45) is -3.26. The molecule has 162 valence electrons. The summed E-state index contributed by atoms with van der Waals surface area (Å²) in [5.41, 5.74) is -1.15. The van der Waals surface area contributed by atoms with E-state index in [-0.39, 0.29) is 44.9 Å². The minimum absolute atomic E-state index is 0.00348. The zero-order valence-corrected chi connectivity index (χ0v) is 16.8. The van der Waals surface area contributed by atoms with Crippen LogP contribution in [-0.2, 0) is 15.7 Å². The Bertz CT molecular complexity index is 1120. The smallest absolute Gasteiger partial charge is 0.416 e. The highest BCUT2D eigenvalue weighted by Crippen LogP contribution is 2.42. The number of hydrogen-bond donors (Lipinski definition) is 3. The largest absolute Gasteiger partial charge is 0.508 e. The number of nitrogens with zero attached hydrogens (tertiary/aromatic N) is 1. The standard InChI is InChI=1S/C21H16F3NO5S/c1-2-30-20(29)17-18(28)16(9-11-8-14(26)6-7-15(11)27)31-19(17)25-13-5-3-4-12(10-13)21(22,23)24/h3-10,26-28H,2H2,1H3. The molecule has 0 fully saturated rings. The van der Waals surface area contributed by atoms with E-state index < -0.39 is 23.5 Å². The summed E-state index contributed by atoms with van der Waals surface area (Å²) in [6, 6.07) is 7.95. The number of ether oxygens (including phenoxy) is 1. The number of aliphatic hydroxyl groups is 1. The van der Waals surface area contributed by atoms with Crippen molar-refractivity contribution >= 4 is 34.5 Å². The van der Waals surface area contributed by atoms with E-state index >= 15 is 0 Å². The van der Waals surface area contributed by atoms with E-state index in [9.17, 15) is 33.3 Å². The molecule has 0 saturated carbocycles. The number of benzene rings is 2. The molecule has 2 aromatic carbocycles. The van der Waals surface area contributed by atoms with E-state index in [0.29, 0.717) is 0 Å². The van der Waals surface area contributed by atoms with Gasteiger partial charge in [0.2, 0.25) is 0 Å². The Morgan fingerprint density at radius 3 is 2.58 bits per heavy atom. The highest BCUT2D eigenvalue weighted by Gasteiger charge is 2.34. The van der Waals surface area contributed by atoms with Crippen LogP contribution in [0.1, 0.15) is 18.1 Å². The summed E-state index contributed by atoms with van der Waals surface area (Å²) < 4.78 is 43.9. The lowest BCUT2D eigenvalue weighted by molar-refractivity contribution is -0.138. The molecular weight excluding hydrogens is 435 g/mol. The van der Waals surface area contributed by atoms with Crippen LogP contribution in [0.25, 0.3) is 6.08 Å². The van der Waals surface area contributed by atoms with E-state index in [0.717, 1.165) is 23.9 Å². The summed E-state index contributed by atoms with van der Waals surface area (Å²) in [5, 5.41) is 30.1. The topological polar surface area (TPSA) is 99.4 Å². The molecule has 31 heavy (non-hydrogen) atoms. The summed E-state index contributed by atoms with van der Waals surface area (Å²) in [6.45, 7) is 1.56. The number of phenols is 2. The number of thioether (sulfide) groups is 1. The molecule has 2 aromatic rings. The van der Waals surface area contributed by atoms with Crippen molar-refractivity contribution in [3.05, 3.63) is 69.8 Å². The molecule has 0 unspecified atom stereocenters. The van der Waals surface area contributed by atoms with Crippen LogP contribution in [0, 0.1) is 0 Å². The Morgan fingerprint density at radius 2 is 1.90 bits per heavy atom. The summed E-state index contributed by atoms with van der Waals surface area (Å²) in [4.78, 5) is 16.6. The minimum atomic E-state index is -4.57. The minimum Gasteiger partial charge on any atom is -0.508 e. The number of halogens is 3. The van der Waals surface area contributed by atoms with Gasteiger partial charge in [-0.05, 0) is 49.4 Å². The molecule has 1 heterocycles. The third-order valence-corrected chi connectivity index (χ3v) is 5.09. The lowest BCUT2D eigenvalue weighted by Gasteiger charge is -2.07. The van der Waals surface area contributed by atoms with Crippen molar-refractivity contribution in [1.82, 2.24) is 0 Å². The molecule has 1 aliphatic rings. The number of phenolic OH excluding ortho intramolecular Hbond substituents is 2. The van der Waals surface area contributed by atoms with Crippen molar-refractivity contribution in [2.45, 2.75) is 13.1 Å². The van der Waals surface area contributed by atoms with Gasteiger partial charge in [0, 0.05) is 5.56 Å². The molecule has 6 nitrogen and oxygen atoms in total. The normalized spacial score (nSPS) is 16.9. The second kappa shape index (κ2) is 8.76. The maximum Gasteiger partial charge on any atom is 0.416 e. The fourth-order valence-electron chi connectivity index (χ4n) is 2.66. The van der Waals surface area contributed by atoms with E-state index in [2.05, 4.69) is 4.99 Å². The van der Waals surface area contributed by atoms with Crippen LogP contribution in [-0.4, -0.2) is 32.9 Å². The number of aliphatic imine (C=N–C) groups is 1. The van der Waals surface area contributed by atoms with Crippen LogP contribution in [0.4, 0.5) is 18.9 Å². The Labute approximate surface area is 179 Å². The van der Waals surface area contributed by atoms with E-state index in [1.54, 1.807) is 6.92 Å². The van der Waals surface area contributed by atoms with Crippen molar-refractivity contribution < 1.29 is 38.0 Å². The van der Waals surface area contributed by atoms with Crippen LogP contribution >= 0.6 is 11.8 Å². The lowest BCUT2D eigenvalue weighted by Crippen LogP contribution is -2.13. The van der Waals surface area contributed by atoms with Gasteiger partial charge in [0.25, 0.3) is 0 Å². The fourth-order valence-corrected chi connectivity index (χ4v) is 3.69. The number of alkyl halides is 3. The Hall–Kier alpha value is -3.40. The van der Waals surface area contributed by atoms with Gasteiger partial charge >= 0.3 is 12.1 Å². The molecule has 0 saturated heterocycles. The fraction of sp³-hybridized carbons (Fsp3) is 0.143. The Balaban J connectivity index is 2.08. The highest BCUT2D eigenvalue weighted by molar-refractivity contribution is 8.18. The molecular formula is C21H16F3NO5S. The molecule has 0 atom stereocenters. The second-order valence-corrected chi connectivity index (χ2v) is 7.29. The Morgan fingerprint density at radius 1 is 1.16 bits per heavy atom. The van der Waals surface area contributed by atoms with Crippen molar-refractivity contribution in [2.24, 2.45) is 4.99 Å². The Kier molecular flexibility index (Phi) is 6.30. The van der Waals surface area contributed by atoms with Gasteiger partial charge in [-0.3, -0.25) is 0 Å². The number of esters is 1. The molecule has 0 bridgehead atoms. The zero-order chi connectivity index (χ0) is 22.8. The monoisotopic (exact) mass is 451 g/mol. The SMILES string of the molecule is CCOC(=O)C1=C(O)C(=Cc2cc(O)ccc2O)SC1=Nc1cccc(C(F)(F)F)c1. The zero-order valence-electron chi connectivity index (χ0n) is 16.0. The van der Waals surface area contributed by atoms with Crippen LogP contribution in [0.3, 0.4) is 0 Å². The van der Waals surface area contributed by atoms with Gasteiger partial charge in [0.15, 0.2) is 0 Å². The molecule has 0 spiro atoms. The maximum atomic E-state index is 13.0. The van der Waals surface area contributed by atoms with E-state index in [4.69, 9.17) is 4.74 Å². The first kappa shape index (κ1) is 22.3. The molecule has 0 aromatic heterocycles. The lowest BCUT2D eigenvalue weighted by atomic mass is 10.1. The number of hydrogen-bond acceptors (Lipinski definition) is 7. The summed E-state index contributed by atoms with van der Waals surface area (Å²) >= 11 is 0.811. The first-order chi connectivity index (χ1) is 14.6. The van der Waals surface area contributed by atoms with E-state index in [1.165, 1.54) is 36.4 Å². The average molecular weight is 451 g/mol. The molecule has 10 heteroatoms. The third kappa shape index (κ3) is 5.02. The maximum absolute atomic E-state index is 13.0. The van der Waals surface area contributed by atoms with E-state index in [1.807, 2.05) is 0 Å². The van der Waals surface area contributed by atoms with Crippen molar-refractivity contribution in [3.8, 4) is 11.5 Å². The first-order valence-electron chi connectivity index (χ1n) is 8.88. The highest BCUT2D eigenvalue weighted by atomic mass is 32.2. The molecule has 3 N–H and O–H groups in total. The van der Waals surface area contributed by atoms with Gasteiger partial charge in [0.1, 0.15) is 27.9 Å². The molecule has 1 aliphatic heterocycles. The first-order valence-corrected chi connectivity index (χ1v) is 9.70. The van der Waals surface area contributed by atoms with Gasteiger partial charge in [0.05, 0.1) is 22.8 Å². The van der Waals surface area contributed by atoms with Crippen LogP contribution in [0.15, 0.2) is 63.7 Å². The van der Waals surface area contributed by atoms with Crippen molar-refractivity contribution in [2.75, 3.05) is 6.61 Å². The number of carbonyl (C=O) groups is 1. The van der Waals surface area contributed by atoms with Gasteiger partial charge in [-0.1, -0.05) is 17.8 Å². The van der Waals surface area contributed by atoms with Gasteiger partial charge in [-0.15, -0.1) is 0 Å². The van der Waals surface area contributed by atoms with Gasteiger partial charge in [-0.2, -0.15) is 13.2 Å². The van der Waals surface area contributed by atoms with Crippen LogP contribution in [0.5, 0.6) is 11.5 Å². The quantitative estimate of drug-likeness (QED) is 0.430. The van der Waals surface area contributed by atoms with Crippen molar-refractivity contribution in [3.63, 3.8) is 0 Å². The summed E-state index contributed by atoms with van der Waals surface area (Å²) in [5.74, 6) is -1.74. The average Bonchev–Trinajstić information content (AvgIpc) is 2.99.